The number of rotatable bonds is 7. The fourth-order valence-electron chi connectivity index (χ4n) is 0.982. The molecule has 0 radical (unpaired) electrons. The van der Waals surface area contributed by atoms with Crippen molar-refractivity contribution in [1.82, 2.24) is 0 Å². The highest BCUT2D eigenvalue weighted by atomic mass is 35.5. The normalized spacial score (nSPS) is 18.1. The Balaban J connectivity index is 4.33. The van der Waals surface area contributed by atoms with E-state index >= 15 is 0 Å². The van der Waals surface area contributed by atoms with Crippen LogP contribution in [0.3, 0.4) is 0 Å². The van der Waals surface area contributed by atoms with Gasteiger partial charge in [-0.2, -0.15) is 0 Å². The minimum Gasteiger partial charge on any atom is -0.348 e. The lowest BCUT2D eigenvalue weighted by Crippen LogP contribution is -2.11. The molecule has 0 rings (SSSR count). The molecule has 0 amide bonds. The second-order valence-corrected chi connectivity index (χ2v) is 9.73. The van der Waals surface area contributed by atoms with Gasteiger partial charge in [-0.05, 0) is 12.8 Å². The summed E-state index contributed by atoms with van der Waals surface area (Å²) in [6.07, 6.45) is 1.05. The Morgan fingerprint density at radius 2 is 1.93 bits per heavy atom. The molecular formula is C9H19Cl2OPS. The minimum atomic E-state index is -2.05. The van der Waals surface area contributed by atoms with Gasteiger partial charge in [0.15, 0.2) is 4.58 Å². The third kappa shape index (κ3) is 4.37. The summed E-state index contributed by atoms with van der Waals surface area (Å²) in [4.78, 5) is 0. The molecule has 0 N–H and O–H groups in total. The summed E-state index contributed by atoms with van der Waals surface area (Å²) in [6, 6.07) is 0. The van der Waals surface area contributed by atoms with Crippen molar-refractivity contribution in [1.29, 1.82) is 0 Å². The Bertz CT molecular complexity index is 199. The molecule has 1 nitrogen and oxygen atoms in total. The first-order chi connectivity index (χ1) is 6.49. The molecule has 0 aliphatic heterocycles. The molecule has 0 fully saturated rings. The van der Waals surface area contributed by atoms with Crippen LogP contribution in [0.5, 0.6) is 0 Å². The van der Waals surface area contributed by atoms with Crippen molar-refractivity contribution in [2.24, 2.45) is 0 Å². The van der Waals surface area contributed by atoms with Gasteiger partial charge in [0.2, 0.25) is 0 Å². The molecule has 0 aliphatic carbocycles. The van der Waals surface area contributed by atoms with E-state index in [4.69, 9.17) is 39.5 Å². The van der Waals surface area contributed by atoms with Crippen LogP contribution in [0.4, 0.5) is 0 Å². The summed E-state index contributed by atoms with van der Waals surface area (Å²) in [7, 11) is 0. The van der Waals surface area contributed by atoms with Gasteiger partial charge in [0.1, 0.15) is 6.26 Å². The monoisotopic (exact) mass is 276 g/mol. The van der Waals surface area contributed by atoms with E-state index in [1.165, 1.54) is 0 Å². The first-order valence-electron chi connectivity index (χ1n) is 5.01. The van der Waals surface area contributed by atoms with Crippen LogP contribution in [0, 0.1) is 0 Å². The first kappa shape index (κ1) is 15.2. The van der Waals surface area contributed by atoms with Crippen LogP contribution >= 0.6 is 29.5 Å². The third-order valence-corrected chi connectivity index (χ3v) is 9.45. The lowest BCUT2D eigenvalue weighted by molar-refractivity contribution is 0.336. The van der Waals surface area contributed by atoms with Crippen molar-refractivity contribution in [3.05, 3.63) is 0 Å². The average Bonchev–Trinajstić information content (AvgIpc) is 2.16. The zero-order valence-electron chi connectivity index (χ0n) is 9.00. The molecule has 2 unspecified atom stereocenters. The average molecular weight is 277 g/mol. The van der Waals surface area contributed by atoms with Crippen LogP contribution in [0.2, 0.25) is 0 Å². The molecule has 2 atom stereocenters. The molecule has 14 heavy (non-hydrogen) atoms. The van der Waals surface area contributed by atoms with Crippen LogP contribution in [-0.2, 0) is 16.3 Å². The fraction of sp³-hybridized carbons (Fsp3) is 1.00. The molecule has 0 spiro atoms. The van der Waals surface area contributed by atoms with Crippen molar-refractivity contribution in [2.75, 3.05) is 6.61 Å². The summed E-state index contributed by atoms with van der Waals surface area (Å²) < 4.78 is 5.21. The predicted molar refractivity (Wildman–Crippen MR) is 70.4 cm³/mol. The Kier molecular flexibility index (Phi) is 8.10. The van der Waals surface area contributed by atoms with E-state index in [0.29, 0.717) is 12.3 Å². The maximum atomic E-state index is 5.92. The van der Waals surface area contributed by atoms with Crippen molar-refractivity contribution in [3.63, 3.8) is 0 Å². The van der Waals surface area contributed by atoms with Crippen LogP contribution in [0.1, 0.15) is 40.0 Å². The number of unbranched alkanes of at least 4 members (excludes halogenated alkanes) is 1. The Labute approximate surface area is 103 Å². The smallest absolute Gasteiger partial charge is 0.158 e. The second kappa shape index (κ2) is 7.46. The van der Waals surface area contributed by atoms with Crippen LogP contribution in [0.25, 0.3) is 0 Å². The lowest BCUT2D eigenvalue weighted by Gasteiger charge is -2.28. The number of alkyl halides is 2. The number of halogens is 2. The third-order valence-electron chi connectivity index (χ3n) is 2.27. The molecule has 5 heteroatoms. The lowest BCUT2D eigenvalue weighted by atomic mass is 10.4. The number of hydrogen-bond donors (Lipinski definition) is 0. The van der Waals surface area contributed by atoms with Gasteiger partial charge in [-0.1, -0.05) is 62.2 Å². The van der Waals surface area contributed by atoms with Gasteiger partial charge < -0.3 is 4.52 Å². The summed E-state index contributed by atoms with van der Waals surface area (Å²) >= 11 is 17.3. The van der Waals surface area contributed by atoms with Gasteiger partial charge in [0.25, 0.3) is 0 Å². The topological polar surface area (TPSA) is 9.23 Å². The van der Waals surface area contributed by atoms with Crippen LogP contribution < -0.4 is 0 Å². The SMILES string of the molecule is CCCCOP(=S)(C(Cl)Cl)C(C)CC. The maximum absolute atomic E-state index is 5.92. The van der Waals surface area contributed by atoms with E-state index < -0.39 is 10.8 Å². The maximum Gasteiger partial charge on any atom is 0.158 e. The quantitative estimate of drug-likeness (QED) is 0.377. The Hall–Kier alpha value is 1.19. The highest BCUT2D eigenvalue weighted by Gasteiger charge is 2.31. The van der Waals surface area contributed by atoms with Crippen molar-refractivity contribution >= 4 is 41.3 Å². The molecule has 0 saturated carbocycles. The van der Waals surface area contributed by atoms with E-state index in [-0.39, 0.29) is 0 Å². The standard InChI is InChI=1S/C9H19Cl2OPS/c1-4-6-7-12-13(14,9(10)11)8(3)5-2/h8-9H,4-7H2,1-3H3. The molecule has 0 saturated heterocycles. The summed E-state index contributed by atoms with van der Waals surface area (Å²) in [5, 5.41) is 0. The molecule has 0 aliphatic rings. The molecule has 0 aromatic carbocycles. The van der Waals surface area contributed by atoms with Crippen molar-refractivity contribution in [2.45, 2.75) is 50.3 Å². The van der Waals surface area contributed by atoms with E-state index in [2.05, 4.69) is 20.8 Å². The summed E-state index contributed by atoms with van der Waals surface area (Å²) in [6.45, 7) is 6.97. The largest absolute Gasteiger partial charge is 0.348 e. The zero-order chi connectivity index (χ0) is 11.2. The van der Waals surface area contributed by atoms with Crippen molar-refractivity contribution in [3.8, 4) is 0 Å². The van der Waals surface area contributed by atoms with E-state index in [1.807, 2.05) is 0 Å². The fourth-order valence-corrected chi connectivity index (χ4v) is 4.82. The first-order valence-corrected chi connectivity index (χ1v) is 8.74. The summed E-state index contributed by atoms with van der Waals surface area (Å²) in [5.41, 5.74) is 0.300. The van der Waals surface area contributed by atoms with E-state index in [0.717, 1.165) is 19.3 Å². The van der Waals surface area contributed by atoms with Crippen LogP contribution in [-0.4, -0.2) is 16.8 Å². The zero-order valence-corrected chi connectivity index (χ0v) is 12.2. The predicted octanol–water partition coefficient (Wildman–Crippen LogP) is 4.76. The number of hydrogen-bond acceptors (Lipinski definition) is 2. The molecule has 0 heterocycles. The van der Waals surface area contributed by atoms with Gasteiger partial charge >= 0.3 is 0 Å². The van der Waals surface area contributed by atoms with Crippen LogP contribution in [0.15, 0.2) is 0 Å². The van der Waals surface area contributed by atoms with E-state index in [9.17, 15) is 0 Å². The second-order valence-electron chi connectivity index (χ2n) is 3.37. The van der Waals surface area contributed by atoms with Gasteiger partial charge in [-0.3, -0.25) is 0 Å². The summed E-state index contributed by atoms with van der Waals surface area (Å²) in [5.74, 6) is 0. The highest BCUT2D eigenvalue weighted by molar-refractivity contribution is 8.14. The highest BCUT2D eigenvalue weighted by Crippen LogP contribution is 2.60. The molecule has 86 valence electrons. The minimum absolute atomic E-state index is 0.300. The Morgan fingerprint density at radius 3 is 2.29 bits per heavy atom. The van der Waals surface area contributed by atoms with Crippen molar-refractivity contribution < 1.29 is 4.52 Å². The molecule has 0 aromatic rings. The van der Waals surface area contributed by atoms with Gasteiger partial charge in [-0.15, -0.1) is 0 Å². The molecular weight excluding hydrogens is 258 g/mol. The van der Waals surface area contributed by atoms with E-state index in [1.54, 1.807) is 0 Å². The van der Waals surface area contributed by atoms with Gasteiger partial charge in [0.05, 0.1) is 6.61 Å². The Morgan fingerprint density at radius 1 is 1.36 bits per heavy atom. The molecule has 0 aromatic heterocycles. The molecule has 0 bridgehead atoms. The van der Waals surface area contributed by atoms with Gasteiger partial charge in [-0.25, -0.2) is 0 Å². The van der Waals surface area contributed by atoms with Gasteiger partial charge in [0, 0.05) is 5.66 Å².